The standard InChI is InChI=1S/C30H46N2.2ClH/c1-29(2,3)27-14-10-23(11-15-27)19-31-21-25-8-7-9-26(18-25)22-32-20-24-12-16-28(17-13-24)30(4,5)6;;/h10-17,25-26,31-32H,7-9,18-22H2,1-6H3;2*1H. The molecule has 2 nitrogen and oxygen atoms in total. The van der Waals surface area contributed by atoms with Gasteiger partial charge in [0, 0.05) is 13.1 Å². The zero-order valence-corrected chi connectivity index (χ0v) is 23.9. The molecule has 0 heterocycles. The molecule has 0 aliphatic heterocycles. The third-order valence-electron chi connectivity index (χ3n) is 7.06. The van der Waals surface area contributed by atoms with E-state index in [1.807, 2.05) is 0 Å². The Bertz CT molecular complexity index is 747. The molecule has 4 heteroatoms. The van der Waals surface area contributed by atoms with Gasteiger partial charge >= 0.3 is 0 Å². The van der Waals surface area contributed by atoms with E-state index in [2.05, 4.69) is 101 Å². The molecule has 3 rings (SSSR count). The summed E-state index contributed by atoms with van der Waals surface area (Å²) >= 11 is 0. The van der Waals surface area contributed by atoms with Crippen LogP contribution in [0.4, 0.5) is 0 Å². The zero-order valence-electron chi connectivity index (χ0n) is 22.2. The first-order valence-corrected chi connectivity index (χ1v) is 12.7. The molecule has 0 spiro atoms. The van der Waals surface area contributed by atoms with Gasteiger partial charge in [-0.15, -0.1) is 24.8 Å². The van der Waals surface area contributed by atoms with Gasteiger partial charge in [0.25, 0.3) is 0 Å². The molecule has 1 aliphatic rings. The average Bonchev–Trinajstić information content (AvgIpc) is 2.74. The molecule has 0 bridgehead atoms. The van der Waals surface area contributed by atoms with Crippen molar-refractivity contribution in [2.24, 2.45) is 11.8 Å². The number of hydrogen-bond acceptors (Lipinski definition) is 2. The minimum absolute atomic E-state index is 0. The second kappa shape index (κ2) is 13.9. The van der Waals surface area contributed by atoms with Crippen LogP contribution in [0.5, 0.6) is 0 Å². The van der Waals surface area contributed by atoms with E-state index in [1.165, 1.54) is 47.9 Å². The molecular weight excluding hydrogens is 459 g/mol. The molecule has 0 aromatic heterocycles. The largest absolute Gasteiger partial charge is 0.312 e. The highest BCUT2D eigenvalue weighted by molar-refractivity contribution is 5.85. The van der Waals surface area contributed by atoms with Crippen molar-refractivity contribution < 1.29 is 0 Å². The highest BCUT2D eigenvalue weighted by atomic mass is 35.5. The van der Waals surface area contributed by atoms with Crippen LogP contribution in [-0.4, -0.2) is 13.1 Å². The minimum atomic E-state index is 0. The van der Waals surface area contributed by atoms with Gasteiger partial charge in [-0.25, -0.2) is 0 Å². The van der Waals surface area contributed by atoms with Gasteiger partial charge in [0.1, 0.15) is 0 Å². The SMILES string of the molecule is CC(C)(C)c1ccc(CNCC2CCCC(CNCc3ccc(C(C)(C)C)cc3)C2)cc1.Cl.Cl. The van der Waals surface area contributed by atoms with E-state index in [0.29, 0.717) is 0 Å². The van der Waals surface area contributed by atoms with Gasteiger partial charge in [-0.05, 0) is 77.3 Å². The third-order valence-corrected chi connectivity index (χ3v) is 7.06. The number of halogens is 2. The Morgan fingerprint density at radius 3 is 1.29 bits per heavy atom. The molecule has 1 fully saturated rings. The van der Waals surface area contributed by atoms with Crippen LogP contribution in [0.3, 0.4) is 0 Å². The van der Waals surface area contributed by atoms with E-state index in [1.54, 1.807) is 0 Å². The van der Waals surface area contributed by atoms with Crippen LogP contribution in [0.1, 0.15) is 89.5 Å². The highest BCUT2D eigenvalue weighted by Crippen LogP contribution is 2.28. The Kier molecular flexibility index (Phi) is 12.6. The van der Waals surface area contributed by atoms with Crippen LogP contribution >= 0.6 is 24.8 Å². The van der Waals surface area contributed by atoms with E-state index in [4.69, 9.17) is 0 Å². The average molecular weight is 508 g/mol. The van der Waals surface area contributed by atoms with Crippen molar-refractivity contribution >= 4 is 24.8 Å². The van der Waals surface area contributed by atoms with Crippen molar-refractivity contribution in [2.75, 3.05) is 13.1 Å². The molecule has 2 aromatic carbocycles. The molecule has 1 aliphatic carbocycles. The second-order valence-corrected chi connectivity index (χ2v) is 12.1. The fraction of sp³-hybridized carbons (Fsp3) is 0.600. The summed E-state index contributed by atoms with van der Waals surface area (Å²) in [5, 5.41) is 7.46. The zero-order chi connectivity index (χ0) is 23.2. The quantitative estimate of drug-likeness (QED) is 0.381. The maximum absolute atomic E-state index is 3.73. The lowest BCUT2D eigenvalue weighted by Gasteiger charge is -2.29. The highest BCUT2D eigenvalue weighted by Gasteiger charge is 2.21. The first kappa shape index (κ1) is 31.0. The minimum Gasteiger partial charge on any atom is -0.312 e. The summed E-state index contributed by atoms with van der Waals surface area (Å²) in [4.78, 5) is 0. The topological polar surface area (TPSA) is 24.1 Å². The van der Waals surface area contributed by atoms with E-state index in [0.717, 1.165) is 38.0 Å². The third kappa shape index (κ3) is 9.90. The number of benzene rings is 2. The first-order chi connectivity index (χ1) is 15.1. The molecule has 0 radical (unpaired) electrons. The molecule has 34 heavy (non-hydrogen) atoms. The second-order valence-electron chi connectivity index (χ2n) is 12.1. The molecule has 2 unspecified atom stereocenters. The van der Waals surface area contributed by atoms with Crippen LogP contribution < -0.4 is 10.6 Å². The molecule has 2 N–H and O–H groups in total. The molecule has 0 saturated heterocycles. The summed E-state index contributed by atoms with van der Waals surface area (Å²) in [6.07, 6.45) is 5.48. The van der Waals surface area contributed by atoms with Crippen LogP contribution in [0, 0.1) is 11.8 Å². The monoisotopic (exact) mass is 506 g/mol. The van der Waals surface area contributed by atoms with Crippen LogP contribution in [0.25, 0.3) is 0 Å². The van der Waals surface area contributed by atoms with Crippen molar-refractivity contribution in [3.05, 3.63) is 70.8 Å². The number of hydrogen-bond donors (Lipinski definition) is 2. The lowest BCUT2D eigenvalue weighted by atomic mass is 9.81. The summed E-state index contributed by atoms with van der Waals surface area (Å²) in [6.45, 7) is 17.9. The molecule has 192 valence electrons. The summed E-state index contributed by atoms with van der Waals surface area (Å²) in [5.74, 6) is 1.63. The van der Waals surface area contributed by atoms with Gasteiger partial charge in [-0.2, -0.15) is 0 Å². The number of rotatable bonds is 8. The van der Waals surface area contributed by atoms with Crippen LogP contribution in [-0.2, 0) is 23.9 Å². The molecule has 1 saturated carbocycles. The maximum Gasteiger partial charge on any atom is 0.0205 e. The lowest BCUT2D eigenvalue weighted by molar-refractivity contribution is 0.252. The van der Waals surface area contributed by atoms with Crippen molar-refractivity contribution in [1.29, 1.82) is 0 Å². The fourth-order valence-electron chi connectivity index (χ4n) is 4.86. The molecule has 2 aromatic rings. The predicted octanol–water partition coefficient (Wildman–Crippen LogP) is 7.81. The summed E-state index contributed by atoms with van der Waals surface area (Å²) in [7, 11) is 0. The van der Waals surface area contributed by atoms with Crippen LogP contribution in [0.15, 0.2) is 48.5 Å². The van der Waals surface area contributed by atoms with Gasteiger partial charge in [-0.3, -0.25) is 0 Å². The smallest absolute Gasteiger partial charge is 0.0205 e. The molecule has 0 amide bonds. The Morgan fingerprint density at radius 1 is 0.618 bits per heavy atom. The Balaban J connectivity index is 0.00000289. The van der Waals surface area contributed by atoms with Gasteiger partial charge in [0.05, 0.1) is 0 Å². The molecular formula is C30H48Cl2N2. The van der Waals surface area contributed by atoms with E-state index < -0.39 is 0 Å². The Labute approximate surface area is 221 Å². The van der Waals surface area contributed by atoms with Crippen LogP contribution in [0.2, 0.25) is 0 Å². The Morgan fingerprint density at radius 2 is 0.971 bits per heavy atom. The fourth-order valence-corrected chi connectivity index (χ4v) is 4.86. The van der Waals surface area contributed by atoms with E-state index in [9.17, 15) is 0 Å². The lowest BCUT2D eigenvalue weighted by Crippen LogP contribution is -2.31. The molecule has 2 atom stereocenters. The summed E-state index contributed by atoms with van der Waals surface area (Å²) < 4.78 is 0. The van der Waals surface area contributed by atoms with Gasteiger partial charge in [-0.1, -0.05) is 96.5 Å². The van der Waals surface area contributed by atoms with Crippen molar-refractivity contribution in [2.45, 2.75) is 91.1 Å². The first-order valence-electron chi connectivity index (χ1n) is 12.7. The van der Waals surface area contributed by atoms with Gasteiger partial charge in [0.2, 0.25) is 0 Å². The maximum atomic E-state index is 3.73. The predicted molar refractivity (Wildman–Crippen MR) is 154 cm³/mol. The normalized spacial score (nSPS) is 18.6. The van der Waals surface area contributed by atoms with Crippen molar-refractivity contribution in [3.63, 3.8) is 0 Å². The van der Waals surface area contributed by atoms with E-state index >= 15 is 0 Å². The van der Waals surface area contributed by atoms with E-state index in [-0.39, 0.29) is 35.6 Å². The summed E-state index contributed by atoms with van der Waals surface area (Å²) in [5.41, 5.74) is 6.07. The summed E-state index contributed by atoms with van der Waals surface area (Å²) in [6, 6.07) is 18.3. The Hall–Kier alpha value is -1.06. The van der Waals surface area contributed by atoms with Crippen molar-refractivity contribution in [1.82, 2.24) is 10.6 Å². The van der Waals surface area contributed by atoms with Gasteiger partial charge < -0.3 is 10.6 Å². The van der Waals surface area contributed by atoms with Crippen molar-refractivity contribution in [3.8, 4) is 0 Å². The van der Waals surface area contributed by atoms with Gasteiger partial charge in [0.15, 0.2) is 0 Å². The number of nitrogens with one attached hydrogen (secondary N) is 2.